The van der Waals surface area contributed by atoms with Crippen LogP contribution in [0.2, 0.25) is 0 Å². The van der Waals surface area contributed by atoms with Crippen molar-refractivity contribution in [2.75, 3.05) is 0 Å². The van der Waals surface area contributed by atoms with E-state index < -0.39 is 11.7 Å². The van der Waals surface area contributed by atoms with E-state index in [2.05, 4.69) is 4.98 Å². The average molecular weight is 312 g/mol. The van der Waals surface area contributed by atoms with E-state index in [9.17, 15) is 13.2 Å². The Morgan fingerprint density at radius 3 is 2.52 bits per heavy atom. The first kappa shape index (κ1) is 13.8. The summed E-state index contributed by atoms with van der Waals surface area (Å²) in [7, 11) is 0. The third-order valence-electron chi connectivity index (χ3n) is 3.83. The number of imidazole rings is 1. The lowest BCUT2D eigenvalue weighted by Gasteiger charge is -2.07. The number of alkyl halides is 3. The summed E-state index contributed by atoms with van der Waals surface area (Å²) in [5.74, 6) is 0. The topological polar surface area (TPSA) is 17.3 Å². The van der Waals surface area contributed by atoms with Crippen LogP contribution in [0.4, 0.5) is 13.2 Å². The number of fused-ring (bicyclic) bond motifs is 3. The fourth-order valence-electron chi connectivity index (χ4n) is 2.71. The van der Waals surface area contributed by atoms with Gasteiger partial charge in [0.1, 0.15) is 5.65 Å². The van der Waals surface area contributed by atoms with Gasteiger partial charge in [-0.25, -0.2) is 4.98 Å². The quantitative estimate of drug-likeness (QED) is 0.474. The van der Waals surface area contributed by atoms with Crippen molar-refractivity contribution in [2.45, 2.75) is 6.18 Å². The predicted molar refractivity (Wildman–Crippen MR) is 83.1 cm³/mol. The van der Waals surface area contributed by atoms with Crippen LogP contribution in [0.3, 0.4) is 0 Å². The molecular formula is C18H11F3N2. The Labute approximate surface area is 129 Å². The van der Waals surface area contributed by atoms with Gasteiger partial charge in [-0.2, -0.15) is 13.2 Å². The molecule has 0 bridgehead atoms. The summed E-state index contributed by atoms with van der Waals surface area (Å²) in [5, 5.41) is 1.05. The van der Waals surface area contributed by atoms with Gasteiger partial charge in [0.05, 0.1) is 16.8 Å². The first-order valence-electron chi connectivity index (χ1n) is 7.07. The number of pyridine rings is 1. The molecule has 0 radical (unpaired) electrons. The van der Waals surface area contributed by atoms with Gasteiger partial charge < -0.3 is 0 Å². The number of hydrogen-bond donors (Lipinski definition) is 0. The number of hydrogen-bond acceptors (Lipinski definition) is 1. The van der Waals surface area contributed by atoms with Crippen LogP contribution in [0.25, 0.3) is 27.8 Å². The van der Waals surface area contributed by atoms with Crippen LogP contribution in [0, 0.1) is 0 Å². The Balaban J connectivity index is 1.91. The molecule has 5 heteroatoms. The Morgan fingerprint density at radius 2 is 1.70 bits per heavy atom. The summed E-state index contributed by atoms with van der Waals surface area (Å²) < 4.78 is 40.5. The highest BCUT2D eigenvalue weighted by Crippen LogP contribution is 2.32. The summed E-state index contributed by atoms with van der Waals surface area (Å²) in [6.45, 7) is 0. The number of rotatable bonds is 1. The second kappa shape index (κ2) is 4.84. The maximum Gasteiger partial charge on any atom is 0.416 e. The molecule has 4 aromatic rings. The lowest BCUT2D eigenvalue weighted by atomic mass is 10.1. The minimum atomic E-state index is -4.36. The maximum atomic E-state index is 12.9. The zero-order valence-corrected chi connectivity index (χ0v) is 11.9. The molecule has 2 aromatic heterocycles. The van der Waals surface area contributed by atoms with Crippen molar-refractivity contribution in [3.63, 3.8) is 0 Å². The van der Waals surface area contributed by atoms with Crippen LogP contribution < -0.4 is 0 Å². The molecule has 0 atom stereocenters. The van der Waals surface area contributed by atoms with Crippen LogP contribution in [0.1, 0.15) is 5.56 Å². The van der Waals surface area contributed by atoms with Gasteiger partial charge in [-0.3, -0.25) is 4.40 Å². The zero-order chi connectivity index (χ0) is 16.0. The molecule has 0 saturated carbocycles. The van der Waals surface area contributed by atoms with Crippen LogP contribution in [-0.4, -0.2) is 9.38 Å². The molecule has 2 nitrogen and oxygen atoms in total. The van der Waals surface area contributed by atoms with Crippen molar-refractivity contribution in [1.82, 2.24) is 9.38 Å². The minimum absolute atomic E-state index is 0.451. The molecule has 2 heterocycles. The average Bonchev–Trinajstić information content (AvgIpc) is 2.99. The maximum absolute atomic E-state index is 12.9. The number of halogens is 3. The van der Waals surface area contributed by atoms with Gasteiger partial charge in [-0.15, -0.1) is 0 Å². The summed E-state index contributed by atoms with van der Waals surface area (Å²) in [6.07, 6.45) is -2.59. The lowest BCUT2D eigenvalue weighted by Crippen LogP contribution is -2.04. The Bertz CT molecular complexity index is 1020. The molecule has 4 rings (SSSR count). The van der Waals surface area contributed by atoms with Crippen molar-refractivity contribution in [2.24, 2.45) is 0 Å². The van der Waals surface area contributed by atoms with Gasteiger partial charge in [0.15, 0.2) is 0 Å². The highest BCUT2D eigenvalue weighted by atomic mass is 19.4. The molecule has 0 aliphatic rings. The van der Waals surface area contributed by atoms with E-state index in [1.807, 2.05) is 40.8 Å². The smallest absolute Gasteiger partial charge is 0.299 e. The molecule has 0 amide bonds. The van der Waals surface area contributed by atoms with Crippen LogP contribution in [-0.2, 0) is 6.18 Å². The first-order valence-corrected chi connectivity index (χ1v) is 7.07. The lowest BCUT2D eigenvalue weighted by molar-refractivity contribution is -0.137. The van der Waals surface area contributed by atoms with E-state index in [4.69, 9.17) is 0 Å². The van der Waals surface area contributed by atoms with Crippen molar-refractivity contribution < 1.29 is 13.2 Å². The van der Waals surface area contributed by atoms with Crippen LogP contribution >= 0.6 is 0 Å². The monoisotopic (exact) mass is 312 g/mol. The fourth-order valence-corrected chi connectivity index (χ4v) is 2.71. The highest BCUT2D eigenvalue weighted by Gasteiger charge is 2.30. The van der Waals surface area contributed by atoms with Gasteiger partial charge in [0, 0.05) is 11.8 Å². The second-order valence-electron chi connectivity index (χ2n) is 5.33. The summed E-state index contributed by atoms with van der Waals surface area (Å²) >= 11 is 0. The molecular weight excluding hydrogens is 301 g/mol. The molecule has 0 aliphatic carbocycles. The summed E-state index contributed by atoms with van der Waals surface area (Å²) in [6, 6.07) is 16.9. The molecule has 2 aromatic carbocycles. The summed E-state index contributed by atoms with van der Waals surface area (Å²) in [5.41, 5.74) is 1.98. The van der Waals surface area contributed by atoms with E-state index in [0.29, 0.717) is 16.9 Å². The number of nitrogens with zero attached hydrogens (tertiary/aromatic N) is 2. The molecule has 0 fully saturated rings. The number of benzene rings is 2. The Morgan fingerprint density at radius 1 is 0.870 bits per heavy atom. The Kier molecular flexibility index (Phi) is 2.91. The minimum Gasteiger partial charge on any atom is -0.299 e. The number of aromatic nitrogens is 2. The van der Waals surface area contributed by atoms with Crippen molar-refractivity contribution >= 4 is 16.6 Å². The normalized spacial score (nSPS) is 12.1. The van der Waals surface area contributed by atoms with Crippen LogP contribution in [0.15, 0.2) is 66.9 Å². The molecule has 114 valence electrons. The van der Waals surface area contributed by atoms with Gasteiger partial charge in [-0.05, 0) is 35.7 Å². The SMILES string of the molecule is FC(F)(F)c1cccc(-c2cn3c(ccc4ccccc43)n2)c1. The van der Waals surface area contributed by atoms with Gasteiger partial charge in [0.25, 0.3) is 0 Å². The van der Waals surface area contributed by atoms with Crippen molar-refractivity contribution in [1.29, 1.82) is 0 Å². The van der Waals surface area contributed by atoms with Crippen molar-refractivity contribution in [3.8, 4) is 11.3 Å². The largest absolute Gasteiger partial charge is 0.416 e. The molecule has 0 aliphatic heterocycles. The molecule has 0 unspecified atom stereocenters. The number of para-hydroxylation sites is 1. The van der Waals surface area contributed by atoms with E-state index in [1.54, 1.807) is 12.3 Å². The summed E-state index contributed by atoms with van der Waals surface area (Å²) in [4.78, 5) is 4.45. The third-order valence-corrected chi connectivity index (χ3v) is 3.83. The first-order chi connectivity index (χ1) is 11.0. The Hall–Kier alpha value is -2.82. The highest BCUT2D eigenvalue weighted by molar-refractivity contribution is 5.83. The van der Waals surface area contributed by atoms with E-state index in [0.717, 1.165) is 23.0 Å². The van der Waals surface area contributed by atoms with Crippen LogP contribution in [0.5, 0.6) is 0 Å². The van der Waals surface area contributed by atoms with Crippen molar-refractivity contribution in [3.05, 3.63) is 72.4 Å². The van der Waals surface area contributed by atoms with Gasteiger partial charge in [0.2, 0.25) is 0 Å². The molecule has 0 N–H and O–H groups in total. The standard InChI is InChI=1S/C18H11F3N2/c19-18(20,21)14-6-3-5-13(10-14)15-11-23-16-7-2-1-4-12(16)8-9-17(23)22-15/h1-11H. The fraction of sp³-hybridized carbons (Fsp3) is 0.0556. The molecule has 0 spiro atoms. The van der Waals surface area contributed by atoms with E-state index >= 15 is 0 Å². The zero-order valence-electron chi connectivity index (χ0n) is 11.9. The third kappa shape index (κ3) is 2.34. The predicted octanol–water partition coefficient (Wildman–Crippen LogP) is 5.17. The molecule has 23 heavy (non-hydrogen) atoms. The van der Waals surface area contributed by atoms with E-state index in [-0.39, 0.29) is 0 Å². The second-order valence-corrected chi connectivity index (χ2v) is 5.33. The molecule has 0 saturated heterocycles. The van der Waals surface area contributed by atoms with E-state index in [1.165, 1.54) is 6.07 Å². The van der Waals surface area contributed by atoms with Gasteiger partial charge in [-0.1, -0.05) is 30.3 Å². The van der Waals surface area contributed by atoms with Gasteiger partial charge >= 0.3 is 6.18 Å².